The van der Waals surface area contributed by atoms with Crippen molar-refractivity contribution in [3.8, 4) is 0 Å². The van der Waals surface area contributed by atoms with Gasteiger partial charge in [-0.25, -0.2) is 0 Å². The Hall–Kier alpha value is -1.37. The van der Waals surface area contributed by atoms with Crippen LogP contribution >= 0.6 is 0 Å². The standard InChI is InChI=1S/C12H14O/c1-11(6-5-9-13)10-12-7-3-2-4-8-12/h2-9,11H,10H2,1H3/b6-5-. The number of rotatable bonds is 4. The van der Waals surface area contributed by atoms with Crippen LogP contribution in [0.25, 0.3) is 0 Å². The first kappa shape index (κ1) is 9.72. The lowest BCUT2D eigenvalue weighted by molar-refractivity contribution is -0.104. The molecule has 1 rings (SSSR count). The summed E-state index contributed by atoms with van der Waals surface area (Å²) in [5.41, 5.74) is 1.31. The third kappa shape index (κ3) is 3.70. The number of carbonyl (C=O) groups is 1. The molecular weight excluding hydrogens is 160 g/mol. The number of benzene rings is 1. The van der Waals surface area contributed by atoms with Gasteiger partial charge in [0.05, 0.1) is 0 Å². The fraction of sp³-hybridized carbons (Fsp3) is 0.250. The van der Waals surface area contributed by atoms with Crippen LogP contribution in [0.2, 0.25) is 0 Å². The largest absolute Gasteiger partial charge is 0.299 e. The monoisotopic (exact) mass is 174 g/mol. The van der Waals surface area contributed by atoms with E-state index in [1.165, 1.54) is 5.56 Å². The first-order valence-corrected chi connectivity index (χ1v) is 4.49. The maximum atomic E-state index is 10.1. The summed E-state index contributed by atoms with van der Waals surface area (Å²) in [6.45, 7) is 2.10. The fourth-order valence-electron chi connectivity index (χ4n) is 1.29. The Labute approximate surface area is 79.1 Å². The minimum atomic E-state index is 0.424. The molecule has 0 N–H and O–H groups in total. The molecule has 68 valence electrons. The van der Waals surface area contributed by atoms with Gasteiger partial charge in [0, 0.05) is 0 Å². The van der Waals surface area contributed by atoms with Gasteiger partial charge in [-0.15, -0.1) is 0 Å². The van der Waals surface area contributed by atoms with Gasteiger partial charge >= 0.3 is 0 Å². The van der Waals surface area contributed by atoms with Gasteiger partial charge in [0.25, 0.3) is 0 Å². The first-order valence-electron chi connectivity index (χ1n) is 4.49. The van der Waals surface area contributed by atoms with Crippen molar-refractivity contribution in [2.24, 2.45) is 5.92 Å². The van der Waals surface area contributed by atoms with E-state index in [2.05, 4.69) is 19.1 Å². The Morgan fingerprint density at radius 1 is 1.31 bits per heavy atom. The lowest BCUT2D eigenvalue weighted by Gasteiger charge is -2.04. The van der Waals surface area contributed by atoms with E-state index in [0.29, 0.717) is 5.92 Å². The van der Waals surface area contributed by atoms with Crippen molar-refractivity contribution in [3.63, 3.8) is 0 Å². The number of hydrogen-bond acceptors (Lipinski definition) is 1. The van der Waals surface area contributed by atoms with E-state index in [-0.39, 0.29) is 0 Å². The first-order chi connectivity index (χ1) is 6.33. The van der Waals surface area contributed by atoms with Crippen molar-refractivity contribution in [3.05, 3.63) is 48.0 Å². The molecule has 1 unspecified atom stereocenters. The number of hydrogen-bond donors (Lipinski definition) is 0. The van der Waals surface area contributed by atoms with Crippen molar-refractivity contribution in [2.45, 2.75) is 13.3 Å². The van der Waals surface area contributed by atoms with E-state index in [4.69, 9.17) is 0 Å². The van der Waals surface area contributed by atoms with Crippen LogP contribution in [-0.2, 0) is 11.2 Å². The zero-order chi connectivity index (χ0) is 9.52. The van der Waals surface area contributed by atoms with Crippen LogP contribution in [0, 0.1) is 5.92 Å². The molecule has 0 aliphatic rings. The Morgan fingerprint density at radius 3 is 2.62 bits per heavy atom. The summed E-state index contributed by atoms with van der Waals surface area (Å²) < 4.78 is 0. The molecule has 1 atom stereocenters. The van der Waals surface area contributed by atoms with Crippen molar-refractivity contribution < 1.29 is 4.79 Å². The predicted octanol–water partition coefficient (Wildman–Crippen LogP) is 2.62. The molecule has 0 heterocycles. The third-order valence-corrected chi connectivity index (χ3v) is 1.92. The van der Waals surface area contributed by atoms with Gasteiger partial charge in [-0.1, -0.05) is 43.3 Å². The molecule has 1 aromatic carbocycles. The molecule has 0 saturated heterocycles. The number of allylic oxidation sites excluding steroid dienone is 2. The lowest BCUT2D eigenvalue weighted by atomic mass is 10.0. The quantitative estimate of drug-likeness (QED) is 0.506. The van der Waals surface area contributed by atoms with Crippen molar-refractivity contribution >= 4 is 6.29 Å². The summed E-state index contributed by atoms with van der Waals surface area (Å²) in [5.74, 6) is 0.424. The zero-order valence-electron chi connectivity index (χ0n) is 7.81. The van der Waals surface area contributed by atoms with E-state index < -0.39 is 0 Å². The zero-order valence-corrected chi connectivity index (χ0v) is 7.81. The molecule has 13 heavy (non-hydrogen) atoms. The van der Waals surface area contributed by atoms with Gasteiger partial charge in [0.2, 0.25) is 0 Å². The molecule has 0 aliphatic carbocycles. The number of aldehydes is 1. The van der Waals surface area contributed by atoms with Crippen molar-refractivity contribution in [1.29, 1.82) is 0 Å². The Balaban J connectivity index is 2.50. The second-order valence-electron chi connectivity index (χ2n) is 3.19. The second kappa shape index (κ2) is 5.31. The van der Waals surface area contributed by atoms with E-state index in [1.807, 2.05) is 24.3 Å². The minimum absolute atomic E-state index is 0.424. The van der Waals surface area contributed by atoms with Crippen LogP contribution in [0.1, 0.15) is 12.5 Å². The molecule has 0 saturated carbocycles. The van der Waals surface area contributed by atoms with Gasteiger partial charge in [-0.2, -0.15) is 0 Å². The van der Waals surface area contributed by atoms with Crippen LogP contribution in [0.5, 0.6) is 0 Å². The van der Waals surface area contributed by atoms with Crippen molar-refractivity contribution in [2.75, 3.05) is 0 Å². The molecule has 0 radical (unpaired) electrons. The highest BCUT2D eigenvalue weighted by Crippen LogP contribution is 2.08. The topological polar surface area (TPSA) is 17.1 Å². The van der Waals surface area contributed by atoms with Crippen LogP contribution < -0.4 is 0 Å². The summed E-state index contributed by atoms with van der Waals surface area (Å²) in [6.07, 6.45) is 5.31. The minimum Gasteiger partial charge on any atom is -0.299 e. The molecule has 1 aromatic rings. The van der Waals surface area contributed by atoms with Crippen LogP contribution in [-0.4, -0.2) is 6.29 Å². The Morgan fingerprint density at radius 2 is 2.00 bits per heavy atom. The SMILES string of the molecule is CC(/C=C\C=O)Cc1ccccc1. The summed E-state index contributed by atoms with van der Waals surface area (Å²) in [4.78, 5) is 10.1. The van der Waals surface area contributed by atoms with Crippen LogP contribution in [0.4, 0.5) is 0 Å². The van der Waals surface area contributed by atoms with E-state index in [1.54, 1.807) is 6.08 Å². The third-order valence-electron chi connectivity index (χ3n) is 1.92. The lowest BCUT2D eigenvalue weighted by Crippen LogP contribution is -1.95. The number of carbonyl (C=O) groups excluding carboxylic acids is 1. The Bertz CT molecular complexity index is 274. The van der Waals surface area contributed by atoms with Crippen LogP contribution in [0.3, 0.4) is 0 Å². The van der Waals surface area contributed by atoms with Gasteiger partial charge < -0.3 is 0 Å². The molecule has 1 heteroatoms. The summed E-state index contributed by atoms with van der Waals surface area (Å²) >= 11 is 0. The fourth-order valence-corrected chi connectivity index (χ4v) is 1.29. The van der Waals surface area contributed by atoms with Gasteiger partial charge in [0.1, 0.15) is 6.29 Å². The molecule has 0 aliphatic heterocycles. The average molecular weight is 174 g/mol. The van der Waals surface area contributed by atoms with Crippen molar-refractivity contribution in [1.82, 2.24) is 0 Å². The predicted molar refractivity (Wildman–Crippen MR) is 54.5 cm³/mol. The summed E-state index contributed by atoms with van der Waals surface area (Å²) in [6, 6.07) is 10.3. The molecule has 0 spiro atoms. The molecule has 0 amide bonds. The van der Waals surface area contributed by atoms with Gasteiger partial charge in [0.15, 0.2) is 0 Å². The van der Waals surface area contributed by atoms with Gasteiger partial charge in [-0.05, 0) is 24.0 Å². The van der Waals surface area contributed by atoms with Gasteiger partial charge in [-0.3, -0.25) is 4.79 Å². The Kier molecular flexibility index (Phi) is 3.97. The smallest absolute Gasteiger partial charge is 0.142 e. The molecular formula is C12H14O. The molecule has 0 bridgehead atoms. The highest BCUT2D eigenvalue weighted by Gasteiger charge is 1.97. The van der Waals surface area contributed by atoms with E-state index >= 15 is 0 Å². The molecule has 0 aromatic heterocycles. The van der Waals surface area contributed by atoms with E-state index in [9.17, 15) is 4.79 Å². The molecule has 0 fully saturated rings. The normalized spacial score (nSPS) is 13.0. The highest BCUT2D eigenvalue weighted by molar-refractivity contribution is 5.64. The van der Waals surface area contributed by atoms with Crippen LogP contribution in [0.15, 0.2) is 42.5 Å². The average Bonchev–Trinajstić information content (AvgIpc) is 2.16. The molecule has 1 nitrogen and oxygen atoms in total. The van der Waals surface area contributed by atoms with E-state index in [0.717, 1.165) is 12.7 Å². The highest BCUT2D eigenvalue weighted by atomic mass is 16.1. The maximum absolute atomic E-state index is 10.1. The summed E-state index contributed by atoms with van der Waals surface area (Å²) in [7, 11) is 0. The maximum Gasteiger partial charge on any atom is 0.142 e. The summed E-state index contributed by atoms with van der Waals surface area (Å²) in [5, 5.41) is 0. The second-order valence-corrected chi connectivity index (χ2v) is 3.19.